The van der Waals surface area contributed by atoms with E-state index < -0.39 is 10.0 Å². The summed E-state index contributed by atoms with van der Waals surface area (Å²) in [4.78, 5) is 0.0209. The smallest absolute Gasteiger partial charge is 0.238 e. The van der Waals surface area contributed by atoms with Crippen molar-refractivity contribution in [2.24, 2.45) is 10.6 Å². The molecule has 0 amide bonds. The number of sulfonamides is 1. The van der Waals surface area contributed by atoms with Crippen LogP contribution in [0.15, 0.2) is 17.0 Å². The van der Waals surface area contributed by atoms with Gasteiger partial charge in [0.2, 0.25) is 10.0 Å². The summed E-state index contributed by atoms with van der Waals surface area (Å²) >= 11 is 0. The van der Waals surface area contributed by atoms with Gasteiger partial charge in [-0.3, -0.25) is 0 Å². The number of hydrogen-bond donors (Lipinski definition) is 4. The fourth-order valence-corrected chi connectivity index (χ4v) is 3.09. The van der Waals surface area contributed by atoms with E-state index in [0.29, 0.717) is 23.5 Å². The van der Waals surface area contributed by atoms with Gasteiger partial charge in [-0.15, -0.1) is 0 Å². The predicted octanol–water partition coefficient (Wildman–Crippen LogP) is 1.44. The molecule has 0 saturated heterocycles. The van der Waals surface area contributed by atoms with Crippen LogP contribution in [0.5, 0.6) is 0 Å². The number of aliphatic hydroxyl groups is 1. The van der Waals surface area contributed by atoms with E-state index in [-0.39, 0.29) is 16.9 Å². The third-order valence-electron chi connectivity index (χ3n) is 4.18. The highest BCUT2D eigenvalue weighted by atomic mass is 32.2. The summed E-state index contributed by atoms with van der Waals surface area (Å²) < 4.78 is 23.2. The van der Waals surface area contributed by atoms with Gasteiger partial charge >= 0.3 is 0 Å². The Labute approximate surface area is 126 Å². The Morgan fingerprint density at radius 2 is 1.86 bits per heavy atom. The number of nitrogens with one attached hydrogen (secondary N) is 1. The highest BCUT2D eigenvalue weighted by molar-refractivity contribution is 7.89. The topological polar surface area (TPSA) is 118 Å². The van der Waals surface area contributed by atoms with Gasteiger partial charge in [0.1, 0.15) is 0 Å². The summed E-state index contributed by atoms with van der Waals surface area (Å²) in [5.74, 6) is 0. The maximum Gasteiger partial charge on any atom is 0.238 e. The van der Waals surface area contributed by atoms with Crippen molar-refractivity contribution in [3.8, 4) is 0 Å². The van der Waals surface area contributed by atoms with E-state index in [0.717, 1.165) is 12.8 Å². The first kappa shape index (κ1) is 17.7. The summed E-state index contributed by atoms with van der Waals surface area (Å²) in [6, 6.07) is 3.03. The second-order valence-electron chi connectivity index (χ2n) is 5.46. The summed E-state index contributed by atoms with van der Waals surface area (Å²) in [6.07, 6.45) is 1.63. The highest BCUT2D eigenvalue weighted by Gasteiger charge is 2.25. The second-order valence-corrected chi connectivity index (χ2v) is 6.99. The Bertz CT molecular complexity index is 587. The number of anilines is 2. The lowest BCUT2D eigenvalue weighted by molar-refractivity contribution is 0.127. The molecule has 0 aromatic heterocycles. The molecule has 0 atom stereocenters. The maximum absolute atomic E-state index is 11.6. The van der Waals surface area contributed by atoms with Crippen molar-refractivity contribution in [3.05, 3.63) is 17.7 Å². The number of nitrogens with two attached hydrogens (primary N) is 2. The van der Waals surface area contributed by atoms with Crippen LogP contribution in [-0.2, 0) is 10.0 Å². The monoisotopic (exact) mass is 315 g/mol. The van der Waals surface area contributed by atoms with Gasteiger partial charge in [-0.05, 0) is 37.5 Å². The minimum absolute atomic E-state index is 0.0209. The van der Waals surface area contributed by atoms with Crippen molar-refractivity contribution in [1.82, 2.24) is 0 Å². The zero-order chi connectivity index (χ0) is 16.3. The Morgan fingerprint density at radius 3 is 2.29 bits per heavy atom. The van der Waals surface area contributed by atoms with Gasteiger partial charge in [-0.25, -0.2) is 13.6 Å². The quantitative estimate of drug-likeness (QED) is 0.568. The molecule has 1 aromatic rings. The molecule has 6 N–H and O–H groups in total. The van der Waals surface area contributed by atoms with Gasteiger partial charge < -0.3 is 16.2 Å². The van der Waals surface area contributed by atoms with Gasteiger partial charge in [-0.2, -0.15) is 0 Å². The Morgan fingerprint density at radius 1 is 1.29 bits per heavy atom. The fraction of sp³-hybridized carbons (Fsp3) is 0.571. The molecule has 0 aliphatic heterocycles. The average molecular weight is 315 g/mol. The first-order valence-electron chi connectivity index (χ1n) is 6.96. The molecule has 6 nitrogen and oxygen atoms in total. The molecule has 21 heavy (non-hydrogen) atoms. The molecule has 1 rings (SSSR count). The molecule has 0 unspecified atom stereocenters. The highest BCUT2D eigenvalue weighted by Crippen LogP contribution is 2.30. The summed E-state index contributed by atoms with van der Waals surface area (Å²) in [5, 5.41) is 18.0. The molecule has 0 bridgehead atoms. The number of primary sulfonamides is 1. The number of aliphatic hydroxyl groups excluding tert-OH is 1. The van der Waals surface area contributed by atoms with Crippen molar-refractivity contribution in [2.45, 2.75) is 38.5 Å². The van der Waals surface area contributed by atoms with Crippen molar-refractivity contribution in [2.75, 3.05) is 24.2 Å². The molecule has 7 heteroatoms. The summed E-state index contributed by atoms with van der Waals surface area (Å²) in [6.45, 7) is 6.31. The molecule has 0 fully saturated rings. The molecule has 0 spiro atoms. The van der Waals surface area contributed by atoms with Crippen molar-refractivity contribution in [1.29, 1.82) is 0 Å². The van der Waals surface area contributed by atoms with Crippen molar-refractivity contribution in [3.63, 3.8) is 0 Å². The van der Waals surface area contributed by atoms with E-state index in [9.17, 15) is 13.5 Å². The van der Waals surface area contributed by atoms with E-state index in [1.807, 2.05) is 13.8 Å². The lowest BCUT2D eigenvalue weighted by Crippen LogP contribution is -2.32. The number of benzene rings is 1. The molecule has 0 saturated carbocycles. The van der Waals surface area contributed by atoms with Crippen molar-refractivity contribution < 1.29 is 13.5 Å². The Kier molecular flexibility index (Phi) is 5.61. The molecule has 0 radical (unpaired) electrons. The van der Waals surface area contributed by atoms with Crippen LogP contribution in [0.4, 0.5) is 11.4 Å². The van der Waals surface area contributed by atoms with Gasteiger partial charge in [0.15, 0.2) is 0 Å². The second kappa shape index (κ2) is 6.64. The van der Waals surface area contributed by atoms with Gasteiger partial charge in [0.05, 0.1) is 11.5 Å². The van der Waals surface area contributed by atoms with E-state index >= 15 is 0 Å². The van der Waals surface area contributed by atoms with Crippen LogP contribution in [0.3, 0.4) is 0 Å². The van der Waals surface area contributed by atoms with Crippen LogP contribution in [0, 0.1) is 12.3 Å². The van der Waals surface area contributed by atoms with E-state index in [2.05, 4.69) is 5.32 Å². The largest absolute Gasteiger partial charge is 0.399 e. The average Bonchev–Trinajstić information content (AvgIpc) is 2.43. The molecular formula is C14H25N3O3S. The third-order valence-corrected chi connectivity index (χ3v) is 5.22. The van der Waals surface area contributed by atoms with Crippen LogP contribution < -0.4 is 16.2 Å². The minimum atomic E-state index is -3.82. The van der Waals surface area contributed by atoms with Crippen LogP contribution in [-0.4, -0.2) is 26.7 Å². The number of nitrogen functional groups attached to an aromatic ring is 1. The Hall–Kier alpha value is -1.31. The lowest BCUT2D eigenvalue weighted by Gasteiger charge is -2.30. The zero-order valence-electron chi connectivity index (χ0n) is 12.8. The molecular weight excluding hydrogens is 290 g/mol. The van der Waals surface area contributed by atoms with Gasteiger partial charge in [0, 0.05) is 23.3 Å². The maximum atomic E-state index is 11.6. The standard InChI is InChI=1S/C14H25N3O3S/c1-4-14(5-2,9-18)8-17-12-6-11(15)7-13(10(12)3)21(16,19)20/h6-7,17-18H,4-5,8-9,15H2,1-3H3,(H2,16,19,20). The number of hydrogen-bond acceptors (Lipinski definition) is 5. The lowest BCUT2D eigenvalue weighted by atomic mass is 9.83. The summed E-state index contributed by atoms with van der Waals surface area (Å²) in [7, 11) is -3.82. The first-order chi connectivity index (χ1) is 9.69. The van der Waals surface area contributed by atoms with Crippen molar-refractivity contribution >= 4 is 21.4 Å². The molecule has 1 aromatic carbocycles. The molecule has 0 heterocycles. The normalized spacial score (nSPS) is 12.4. The van der Waals surface area contributed by atoms with Crippen LogP contribution >= 0.6 is 0 Å². The van der Waals surface area contributed by atoms with Gasteiger partial charge in [-0.1, -0.05) is 13.8 Å². The molecule has 0 aliphatic carbocycles. The fourth-order valence-electron chi connectivity index (χ4n) is 2.25. The zero-order valence-corrected chi connectivity index (χ0v) is 13.6. The van der Waals surface area contributed by atoms with E-state index in [4.69, 9.17) is 10.9 Å². The Balaban J connectivity index is 3.13. The minimum Gasteiger partial charge on any atom is -0.399 e. The SMILES string of the molecule is CCC(CC)(CO)CNc1cc(N)cc(S(N)(=O)=O)c1C. The van der Waals surface area contributed by atoms with Crippen LogP contribution in [0.2, 0.25) is 0 Å². The first-order valence-corrected chi connectivity index (χ1v) is 8.51. The van der Waals surface area contributed by atoms with Crippen LogP contribution in [0.25, 0.3) is 0 Å². The van der Waals surface area contributed by atoms with Gasteiger partial charge in [0.25, 0.3) is 0 Å². The third kappa shape index (κ3) is 4.09. The molecule has 0 aliphatic rings. The molecule has 120 valence electrons. The summed E-state index contributed by atoms with van der Waals surface area (Å²) in [5.41, 5.74) is 7.00. The van der Waals surface area contributed by atoms with Crippen LogP contribution in [0.1, 0.15) is 32.3 Å². The number of rotatable bonds is 7. The van der Waals surface area contributed by atoms with E-state index in [1.165, 1.54) is 6.07 Å². The van der Waals surface area contributed by atoms with E-state index in [1.54, 1.807) is 13.0 Å². The predicted molar refractivity (Wildman–Crippen MR) is 85.6 cm³/mol.